The van der Waals surface area contributed by atoms with E-state index in [0.29, 0.717) is 30.9 Å². The molecular weight excluding hydrogens is 624 g/mol. The van der Waals surface area contributed by atoms with Crippen molar-refractivity contribution in [1.29, 1.82) is 0 Å². The van der Waals surface area contributed by atoms with Crippen LogP contribution in [-0.4, -0.2) is 49.5 Å². The number of phenols is 2. The first-order valence-electron chi connectivity index (χ1n) is 16.0. The van der Waals surface area contributed by atoms with Crippen molar-refractivity contribution >= 4 is 23.5 Å². The van der Waals surface area contributed by atoms with Gasteiger partial charge in [0, 0.05) is 6.08 Å². The van der Waals surface area contributed by atoms with E-state index in [1.165, 1.54) is 26.9 Å². The van der Waals surface area contributed by atoms with Crippen molar-refractivity contribution in [1.82, 2.24) is 0 Å². The van der Waals surface area contributed by atoms with Crippen LogP contribution in [0.15, 0.2) is 91.0 Å². The summed E-state index contributed by atoms with van der Waals surface area (Å²) >= 11 is 0. The predicted octanol–water partition coefficient (Wildman–Crippen LogP) is 6.57. The Hall–Kier alpha value is -5.57. The van der Waals surface area contributed by atoms with E-state index in [9.17, 15) is 24.6 Å². The van der Waals surface area contributed by atoms with Gasteiger partial charge in [0.25, 0.3) is 0 Å². The largest absolute Gasteiger partial charge is 0.508 e. The van der Waals surface area contributed by atoms with Crippen LogP contribution in [-0.2, 0) is 54.5 Å². The molecule has 0 saturated carbocycles. The van der Waals surface area contributed by atoms with Gasteiger partial charge in [-0.2, -0.15) is 0 Å². The Morgan fingerprint density at radius 2 is 1.27 bits per heavy atom. The normalized spacial score (nSPS) is 16.5. The van der Waals surface area contributed by atoms with Crippen LogP contribution in [0.5, 0.6) is 17.2 Å². The molecule has 0 heterocycles. The number of aromatic hydroxyl groups is 2. The van der Waals surface area contributed by atoms with Gasteiger partial charge in [-0.1, -0.05) is 48.5 Å². The number of carbonyl (C=O) groups is 3. The number of carbonyl (C=O) groups excluding carboxylic acids is 3. The zero-order chi connectivity index (χ0) is 34.9. The van der Waals surface area contributed by atoms with E-state index in [2.05, 4.69) is 14.2 Å². The molecule has 2 N–H and O–H groups in total. The number of hydrogen-bond acceptors (Lipinski definition) is 9. The Morgan fingerprint density at radius 3 is 1.76 bits per heavy atom. The second-order valence-electron chi connectivity index (χ2n) is 12.1. The molecule has 254 valence electrons. The molecule has 0 fully saturated rings. The zero-order valence-electron chi connectivity index (χ0n) is 27.8. The van der Waals surface area contributed by atoms with E-state index in [1.807, 2.05) is 60.7 Å². The summed E-state index contributed by atoms with van der Waals surface area (Å²) in [5.74, 6) is 1.34. The third-order valence-electron chi connectivity index (χ3n) is 8.89. The molecule has 0 unspecified atom stereocenters. The van der Waals surface area contributed by atoms with E-state index >= 15 is 0 Å². The minimum atomic E-state index is -0.306. The lowest BCUT2D eigenvalue weighted by Crippen LogP contribution is -2.20. The van der Waals surface area contributed by atoms with Gasteiger partial charge in [0.15, 0.2) is 0 Å². The van der Waals surface area contributed by atoms with Gasteiger partial charge in [-0.25, -0.2) is 4.79 Å². The number of methoxy groups -OCH3 is 3. The Kier molecular flexibility index (Phi) is 11.4. The lowest BCUT2D eigenvalue weighted by molar-refractivity contribution is -0.142. The molecule has 0 aromatic heterocycles. The molecule has 0 amide bonds. The first kappa shape index (κ1) is 34.8. The number of rotatable bonds is 8. The lowest BCUT2D eigenvalue weighted by Gasteiger charge is -2.29. The van der Waals surface area contributed by atoms with E-state index in [0.717, 1.165) is 64.0 Å². The highest BCUT2D eigenvalue weighted by molar-refractivity contribution is 5.95. The van der Waals surface area contributed by atoms with E-state index in [4.69, 9.17) is 4.74 Å². The maximum absolute atomic E-state index is 11.2. The maximum Gasteiger partial charge on any atom is 0.330 e. The van der Waals surface area contributed by atoms with E-state index < -0.39 is 0 Å². The number of ether oxygens (including phenoxy) is 4. The molecule has 0 bridgehead atoms. The number of benzene rings is 4. The first-order chi connectivity index (χ1) is 23.7. The monoisotopic (exact) mass is 664 g/mol. The molecule has 9 heteroatoms. The van der Waals surface area contributed by atoms with Crippen molar-refractivity contribution in [2.75, 3.05) is 21.3 Å². The fourth-order valence-corrected chi connectivity index (χ4v) is 6.14. The van der Waals surface area contributed by atoms with Gasteiger partial charge in [0.1, 0.15) is 23.9 Å². The van der Waals surface area contributed by atoms with Crippen molar-refractivity contribution < 1.29 is 43.5 Å². The van der Waals surface area contributed by atoms with Gasteiger partial charge in [0.2, 0.25) is 0 Å². The van der Waals surface area contributed by atoms with Crippen LogP contribution >= 0.6 is 0 Å². The first-order valence-corrected chi connectivity index (χ1v) is 16.0. The predicted molar refractivity (Wildman–Crippen MR) is 183 cm³/mol. The average molecular weight is 665 g/mol. The standard InChI is InChI=1S/C18H16O3.2C11H12O3/c1-20-18(19)11-15-9-14-10-16(7-8-17(14)15)21-12-13-5-3-2-4-6-13;2*1-14-11(13)6-8-4-7-5-9(12)2-3-10(7)8/h2-8,10-11H,9,12H2,1H3;2*2-3,5,8,12H,4,6H2,1H3/b15-11-;;/t;2*8-/m.10/s1. The molecular formula is C40H40O9. The van der Waals surface area contributed by atoms with Gasteiger partial charge < -0.3 is 29.2 Å². The smallest absolute Gasteiger partial charge is 0.330 e. The highest BCUT2D eigenvalue weighted by Gasteiger charge is 2.29. The zero-order valence-corrected chi connectivity index (χ0v) is 27.8. The van der Waals surface area contributed by atoms with E-state index in [1.54, 1.807) is 30.3 Å². The fourth-order valence-electron chi connectivity index (χ4n) is 6.14. The molecule has 0 radical (unpaired) electrons. The molecule has 0 spiro atoms. The van der Waals surface area contributed by atoms with Gasteiger partial charge in [0.05, 0.1) is 34.2 Å². The molecule has 0 saturated heterocycles. The van der Waals surface area contributed by atoms with Crippen LogP contribution < -0.4 is 4.74 Å². The third-order valence-corrected chi connectivity index (χ3v) is 8.89. The lowest BCUT2D eigenvalue weighted by atomic mass is 9.76. The highest BCUT2D eigenvalue weighted by atomic mass is 16.5. The number of hydrogen-bond donors (Lipinski definition) is 2. The van der Waals surface area contributed by atoms with Crippen molar-refractivity contribution in [3.8, 4) is 17.2 Å². The molecule has 49 heavy (non-hydrogen) atoms. The molecule has 9 nitrogen and oxygen atoms in total. The molecule has 7 rings (SSSR count). The van der Waals surface area contributed by atoms with Crippen molar-refractivity contribution in [2.24, 2.45) is 0 Å². The molecule has 3 aliphatic carbocycles. The van der Waals surface area contributed by atoms with Crippen molar-refractivity contribution in [3.63, 3.8) is 0 Å². The molecule has 2 atom stereocenters. The SMILES string of the molecule is COC(=O)/C=C1/Cc2cc(OCc3ccccc3)ccc21.COC(=O)C[C@@H]1Cc2cc(O)ccc21.COC(=O)C[C@H]1Cc2cc(O)ccc21. The van der Waals surface area contributed by atoms with Crippen LogP contribution in [0.3, 0.4) is 0 Å². The molecule has 4 aromatic carbocycles. The Labute approximate surface area is 285 Å². The average Bonchev–Trinajstić information content (AvgIpc) is 3.08. The number of phenolic OH excluding ortho intramolecular Hbond substituents is 2. The summed E-state index contributed by atoms with van der Waals surface area (Å²) in [4.78, 5) is 33.3. The van der Waals surface area contributed by atoms with Crippen LogP contribution in [0.25, 0.3) is 5.57 Å². The highest BCUT2D eigenvalue weighted by Crippen LogP contribution is 2.40. The summed E-state index contributed by atoms with van der Waals surface area (Å²) < 4.78 is 19.6. The topological polar surface area (TPSA) is 129 Å². The second-order valence-corrected chi connectivity index (χ2v) is 12.1. The third kappa shape index (κ3) is 8.87. The van der Waals surface area contributed by atoms with Crippen LogP contribution in [0.4, 0.5) is 0 Å². The quantitative estimate of drug-likeness (QED) is 0.122. The van der Waals surface area contributed by atoms with Gasteiger partial charge in [-0.3, -0.25) is 9.59 Å². The minimum Gasteiger partial charge on any atom is -0.508 e. The summed E-state index contributed by atoms with van der Waals surface area (Å²) in [5.41, 5.74) is 9.07. The summed E-state index contributed by atoms with van der Waals surface area (Å²) in [6.07, 6.45) is 4.93. The van der Waals surface area contributed by atoms with Crippen molar-refractivity contribution in [3.05, 3.63) is 130 Å². The number of allylic oxidation sites excluding steroid dienone is 1. The summed E-state index contributed by atoms with van der Waals surface area (Å²) in [6, 6.07) is 26.6. The Morgan fingerprint density at radius 1 is 0.694 bits per heavy atom. The Bertz CT molecular complexity index is 1770. The van der Waals surface area contributed by atoms with Gasteiger partial charge in [-0.05, 0) is 112 Å². The second kappa shape index (κ2) is 16.0. The Balaban J connectivity index is 0.000000148. The summed E-state index contributed by atoms with van der Waals surface area (Å²) in [5, 5.41) is 18.4. The van der Waals surface area contributed by atoms with Crippen LogP contribution in [0, 0.1) is 0 Å². The minimum absolute atomic E-state index is 0.172. The van der Waals surface area contributed by atoms with Gasteiger partial charge in [-0.15, -0.1) is 0 Å². The van der Waals surface area contributed by atoms with Crippen LogP contribution in [0.2, 0.25) is 0 Å². The molecule has 4 aromatic rings. The summed E-state index contributed by atoms with van der Waals surface area (Å²) in [7, 11) is 4.19. The van der Waals surface area contributed by atoms with Gasteiger partial charge >= 0.3 is 17.9 Å². The molecule has 3 aliphatic rings. The summed E-state index contributed by atoms with van der Waals surface area (Å²) in [6.45, 7) is 0.560. The van der Waals surface area contributed by atoms with Crippen LogP contribution in [0.1, 0.15) is 63.6 Å². The number of fused-ring (bicyclic) bond motifs is 3. The maximum atomic E-state index is 11.2. The molecule has 0 aliphatic heterocycles. The number of esters is 3. The van der Waals surface area contributed by atoms with E-state index in [-0.39, 0.29) is 29.7 Å². The van der Waals surface area contributed by atoms with Crippen molar-refractivity contribution in [2.45, 2.75) is 50.5 Å². The fraction of sp³-hybridized carbons (Fsp3) is 0.275.